The Hall–Kier alpha value is -1.95. The topological polar surface area (TPSA) is 58.1 Å². The smallest absolute Gasteiger partial charge is 0.191 e. The minimum Gasteiger partial charge on any atom is -0.497 e. The summed E-state index contributed by atoms with van der Waals surface area (Å²) in [6, 6.07) is 7.62. The Kier molecular flexibility index (Phi) is 9.68. The van der Waals surface area contributed by atoms with E-state index in [9.17, 15) is 0 Å². The number of methoxy groups -OCH3 is 1. The second kappa shape index (κ2) is 11.6. The Morgan fingerprint density at radius 2 is 2.00 bits per heavy atom. The Balaban J connectivity index is 2.48. The molecule has 6 heteroatoms. The van der Waals surface area contributed by atoms with Crippen LogP contribution in [0, 0.1) is 0 Å². The Morgan fingerprint density at radius 3 is 2.67 bits per heavy atom. The maximum atomic E-state index is 5.89. The van der Waals surface area contributed by atoms with Gasteiger partial charge in [0.1, 0.15) is 17.6 Å². The summed E-state index contributed by atoms with van der Waals surface area (Å²) in [5.41, 5.74) is 0. The van der Waals surface area contributed by atoms with Crippen LogP contribution < -0.4 is 20.1 Å². The SMILES string of the molecule is CCNC(=NCC(C)Oc1cccc(OC)c1)NCCN(C)CC. The van der Waals surface area contributed by atoms with Crippen molar-refractivity contribution < 1.29 is 9.47 Å². The fraction of sp³-hybridized carbons (Fsp3) is 0.611. The second-order valence-electron chi connectivity index (χ2n) is 5.65. The number of nitrogens with zero attached hydrogens (tertiary/aromatic N) is 2. The van der Waals surface area contributed by atoms with E-state index in [4.69, 9.17) is 9.47 Å². The first kappa shape index (κ1) is 20.1. The highest BCUT2D eigenvalue weighted by Gasteiger charge is 2.06. The van der Waals surface area contributed by atoms with Crippen molar-refractivity contribution in [1.82, 2.24) is 15.5 Å². The van der Waals surface area contributed by atoms with Gasteiger partial charge in [-0.05, 0) is 39.6 Å². The summed E-state index contributed by atoms with van der Waals surface area (Å²) in [4.78, 5) is 6.85. The van der Waals surface area contributed by atoms with Gasteiger partial charge >= 0.3 is 0 Å². The molecule has 0 aliphatic carbocycles. The maximum absolute atomic E-state index is 5.89. The Bertz CT molecular complexity index is 494. The molecule has 0 saturated heterocycles. The highest BCUT2D eigenvalue weighted by Crippen LogP contribution is 2.19. The molecule has 1 aromatic carbocycles. The number of aliphatic imine (C=N–C) groups is 1. The molecule has 1 aromatic rings. The van der Waals surface area contributed by atoms with Gasteiger partial charge in [0.15, 0.2) is 5.96 Å². The third-order valence-corrected chi connectivity index (χ3v) is 3.56. The van der Waals surface area contributed by atoms with E-state index in [1.807, 2.05) is 31.2 Å². The van der Waals surface area contributed by atoms with Crippen molar-refractivity contribution >= 4 is 5.96 Å². The second-order valence-corrected chi connectivity index (χ2v) is 5.65. The number of likely N-dealkylation sites (N-methyl/N-ethyl adjacent to an activating group) is 1. The molecule has 0 aliphatic rings. The molecule has 136 valence electrons. The van der Waals surface area contributed by atoms with Gasteiger partial charge in [-0.3, -0.25) is 0 Å². The molecule has 0 bridgehead atoms. The molecule has 1 rings (SSSR count). The Labute approximate surface area is 146 Å². The van der Waals surface area contributed by atoms with E-state index in [2.05, 4.69) is 41.4 Å². The number of ether oxygens (including phenoxy) is 2. The molecule has 0 spiro atoms. The van der Waals surface area contributed by atoms with Crippen molar-refractivity contribution in [3.8, 4) is 11.5 Å². The summed E-state index contributed by atoms with van der Waals surface area (Å²) in [6.45, 7) is 10.5. The molecule has 0 aromatic heterocycles. The average molecular weight is 336 g/mol. The van der Waals surface area contributed by atoms with Crippen molar-refractivity contribution in [2.24, 2.45) is 4.99 Å². The standard InChI is InChI=1S/C18H32N4O2/c1-6-19-18(20-11-12-22(4)7-2)21-14-15(3)24-17-10-8-9-16(13-17)23-5/h8-10,13,15H,6-7,11-12,14H2,1-5H3,(H2,19,20,21). The largest absolute Gasteiger partial charge is 0.497 e. The zero-order chi connectivity index (χ0) is 17.8. The van der Waals surface area contributed by atoms with Crippen LogP contribution in [0.4, 0.5) is 0 Å². The van der Waals surface area contributed by atoms with E-state index in [0.717, 1.165) is 43.6 Å². The molecule has 0 aliphatic heterocycles. The van der Waals surface area contributed by atoms with Gasteiger partial charge in [0.2, 0.25) is 0 Å². The van der Waals surface area contributed by atoms with Crippen LogP contribution >= 0.6 is 0 Å². The van der Waals surface area contributed by atoms with Gasteiger partial charge in [-0.2, -0.15) is 0 Å². The molecule has 1 unspecified atom stereocenters. The fourth-order valence-corrected chi connectivity index (χ4v) is 2.03. The van der Waals surface area contributed by atoms with Gasteiger partial charge in [-0.15, -0.1) is 0 Å². The molecular formula is C18H32N4O2. The predicted molar refractivity (Wildman–Crippen MR) is 100 cm³/mol. The van der Waals surface area contributed by atoms with Crippen LogP contribution in [0.25, 0.3) is 0 Å². The van der Waals surface area contributed by atoms with Gasteiger partial charge in [-0.25, -0.2) is 4.99 Å². The third-order valence-electron chi connectivity index (χ3n) is 3.56. The molecule has 6 nitrogen and oxygen atoms in total. The van der Waals surface area contributed by atoms with Crippen LogP contribution in [0.1, 0.15) is 20.8 Å². The molecular weight excluding hydrogens is 304 g/mol. The zero-order valence-corrected chi connectivity index (χ0v) is 15.6. The van der Waals surface area contributed by atoms with E-state index in [-0.39, 0.29) is 6.10 Å². The number of nitrogens with one attached hydrogen (secondary N) is 2. The quantitative estimate of drug-likeness (QED) is 0.505. The number of rotatable bonds is 10. The number of benzene rings is 1. The van der Waals surface area contributed by atoms with Crippen LogP contribution in [0.2, 0.25) is 0 Å². The summed E-state index contributed by atoms with van der Waals surface area (Å²) in [6.07, 6.45) is -0.0223. The van der Waals surface area contributed by atoms with Crippen LogP contribution in [-0.4, -0.2) is 63.8 Å². The first-order valence-electron chi connectivity index (χ1n) is 8.60. The van der Waals surface area contributed by atoms with Crippen LogP contribution in [0.3, 0.4) is 0 Å². The van der Waals surface area contributed by atoms with E-state index in [1.165, 1.54) is 0 Å². The highest BCUT2D eigenvalue weighted by molar-refractivity contribution is 5.79. The Morgan fingerprint density at radius 1 is 1.25 bits per heavy atom. The van der Waals surface area contributed by atoms with E-state index in [0.29, 0.717) is 6.54 Å². The van der Waals surface area contributed by atoms with Crippen LogP contribution in [-0.2, 0) is 0 Å². The average Bonchev–Trinajstić information content (AvgIpc) is 2.59. The molecule has 24 heavy (non-hydrogen) atoms. The zero-order valence-electron chi connectivity index (χ0n) is 15.6. The van der Waals surface area contributed by atoms with Gasteiger partial charge < -0.3 is 25.0 Å². The van der Waals surface area contributed by atoms with Crippen LogP contribution in [0.5, 0.6) is 11.5 Å². The van der Waals surface area contributed by atoms with Gasteiger partial charge in [0.05, 0.1) is 13.7 Å². The number of hydrogen-bond acceptors (Lipinski definition) is 4. The van der Waals surface area contributed by atoms with Gasteiger partial charge in [-0.1, -0.05) is 13.0 Å². The lowest BCUT2D eigenvalue weighted by molar-refractivity contribution is 0.229. The highest BCUT2D eigenvalue weighted by atomic mass is 16.5. The lowest BCUT2D eigenvalue weighted by Crippen LogP contribution is -2.41. The van der Waals surface area contributed by atoms with Crippen molar-refractivity contribution in [3.63, 3.8) is 0 Å². The predicted octanol–water partition coefficient (Wildman–Crippen LogP) is 1.97. The van der Waals surface area contributed by atoms with Crippen molar-refractivity contribution in [3.05, 3.63) is 24.3 Å². The lowest BCUT2D eigenvalue weighted by Gasteiger charge is -2.17. The van der Waals surface area contributed by atoms with Crippen LogP contribution in [0.15, 0.2) is 29.3 Å². The minimum atomic E-state index is -0.0223. The summed E-state index contributed by atoms with van der Waals surface area (Å²) < 4.78 is 11.1. The number of hydrogen-bond donors (Lipinski definition) is 2. The maximum Gasteiger partial charge on any atom is 0.191 e. The summed E-state index contributed by atoms with van der Waals surface area (Å²) >= 11 is 0. The fourth-order valence-electron chi connectivity index (χ4n) is 2.03. The number of guanidine groups is 1. The molecule has 0 heterocycles. The summed E-state index contributed by atoms with van der Waals surface area (Å²) in [7, 11) is 3.76. The molecule has 0 saturated carbocycles. The third kappa shape index (κ3) is 8.06. The molecule has 0 amide bonds. The minimum absolute atomic E-state index is 0.0223. The van der Waals surface area contributed by atoms with Crippen molar-refractivity contribution in [2.45, 2.75) is 26.9 Å². The van der Waals surface area contributed by atoms with E-state index >= 15 is 0 Å². The molecule has 0 radical (unpaired) electrons. The summed E-state index contributed by atoms with van der Waals surface area (Å²) in [5, 5.41) is 6.60. The molecule has 1 atom stereocenters. The summed E-state index contributed by atoms with van der Waals surface area (Å²) in [5.74, 6) is 2.40. The molecule has 2 N–H and O–H groups in total. The van der Waals surface area contributed by atoms with Crippen molar-refractivity contribution in [1.29, 1.82) is 0 Å². The van der Waals surface area contributed by atoms with Crippen molar-refractivity contribution in [2.75, 3.05) is 46.9 Å². The van der Waals surface area contributed by atoms with Gasteiger partial charge in [0.25, 0.3) is 0 Å². The lowest BCUT2D eigenvalue weighted by atomic mass is 10.3. The van der Waals surface area contributed by atoms with Gasteiger partial charge in [0, 0.05) is 25.7 Å². The first-order chi connectivity index (χ1) is 11.6. The molecule has 0 fully saturated rings. The first-order valence-corrected chi connectivity index (χ1v) is 8.60. The normalized spacial score (nSPS) is 12.8. The van der Waals surface area contributed by atoms with E-state index < -0.39 is 0 Å². The monoisotopic (exact) mass is 336 g/mol. The van der Waals surface area contributed by atoms with E-state index in [1.54, 1.807) is 7.11 Å².